The van der Waals surface area contributed by atoms with Crippen molar-refractivity contribution in [2.45, 2.75) is 6.42 Å². The first-order valence-electron chi connectivity index (χ1n) is 5.18. The Balaban J connectivity index is 2.40. The summed E-state index contributed by atoms with van der Waals surface area (Å²) < 4.78 is 6.33. The molecule has 0 saturated heterocycles. The first kappa shape index (κ1) is 12.5. The quantitative estimate of drug-likeness (QED) is 0.875. The highest BCUT2D eigenvalue weighted by Gasteiger charge is 2.09. The van der Waals surface area contributed by atoms with Crippen LogP contribution in [0.5, 0.6) is 5.75 Å². The van der Waals surface area contributed by atoms with E-state index in [0.29, 0.717) is 5.88 Å². The Hall–Kier alpha value is -1.00. The van der Waals surface area contributed by atoms with Gasteiger partial charge in [-0.3, -0.25) is 0 Å². The third kappa shape index (κ3) is 2.82. The summed E-state index contributed by atoms with van der Waals surface area (Å²) in [7, 11) is 1.66. The van der Waals surface area contributed by atoms with E-state index in [9.17, 15) is 0 Å². The van der Waals surface area contributed by atoms with E-state index < -0.39 is 0 Å². The third-order valence-corrected chi connectivity index (χ3v) is 3.09. The fraction of sp³-hybridized carbons (Fsp3) is 0.250. The van der Waals surface area contributed by atoms with Crippen LogP contribution in [0, 0.1) is 0 Å². The van der Waals surface area contributed by atoms with Crippen molar-refractivity contribution in [2.75, 3.05) is 13.0 Å². The van der Waals surface area contributed by atoms with E-state index in [1.807, 2.05) is 18.2 Å². The number of halogens is 2. The lowest BCUT2D eigenvalue weighted by atomic mass is 10.1. The number of ether oxygens (including phenoxy) is 1. The number of hydrogen-bond acceptors (Lipinski definition) is 2. The average molecular weight is 316 g/mol. The third-order valence-electron chi connectivity index (χ3n) is 2.41. The number of benzene rings is 1. The molecule has 2 aromatic rings. The van der Waals surface area contributed by atoms with Gasteiger partial charge >= 0.3 is 0 Å². The van der Waals surface area contributed by atoms with Gasteiger partial charge in [0.15, 0.2) is 0 Å². The second kappa shape index (κ2) is 5.56. The maximum Gasteiger partial charge on any atom is 0.128 e. The zero-order chi connectivity index (χ0) is 12.3. The maximum atomic E-state index is 5.68. The van der Waals surface area contributed by atoms with E-state index in [2.05, 4.69) is 25.9 Å². The summed E-state index contributed by atoms with van der Waals surface area (Å²) in [6.07, 6.45) is 2.53. The number of methoxy groups -OCH3 is 1. The molecule has 1 heterocycles. The highest BCUT2D eigenvalue weighted by atomic mass is 79.9. The Kier molecular flexibility index (Phi) is 4.07. The van der Waals surface area contributed by atoms with Crippen molar-refractivity contribution >= 4 is 27.5 Å². The highest BCUT2D eigenvalue weighted by Crippen LogP contribution is 2.31. The lowest BCUT2D eigenvalue weighted by Gasteiger charge is -2.06. The molecule has 0 aliphatic carbocycles. The van der Waals surface area contributed by atoms with Gasteiger partial charge in [-0.1, -0.05) is 15.9 Å². The summed E-state index contributed by atoms with van der Waals surface area (Å²) in [5.41, 5.74) is 1.92. The zero-order valence-corrected chi connectivity index (χ0v) is 11.7. The number of nitrogens with one attached hydrogen (secondary N) is 1. The molecule has 5 heteroatoms. The van der Waals surface area contributed by atoms with Crippen LogP contribution < -0.4 is 4.74 Å². The number of hydrogen-bond donors (Lipinski definition) is 1. The average Bonchev–Trinajstić information content (AvgIpc) is 2.78. The van der Waals surface area contributed by atoms with Crippen LogP contribution in [-0.2, 0) is 6.42 Å². The molecule has 0 bridgehead atoms. The second-order valence-corrected chi connectivity index (χ2v) is 4.82. The molecular formula is C12H12BrClN2O. The van der Waals surface area contributed by atoms with Crippen LogP contribution in [0.15, 0.2) is 28.9 Å². The molecular weight excluding hydrogens is 304 g/mol. The van der Waals surface area contributed by atoms with Gasteiger partial charge in [-0.15, -0.1) is 11.6 Å². The predicted octanol–water partition coefficient (Wildman–Crippen LogP) is 3.63. The molecule has 0 aliphatic heterocycles. The number of aromatic nitrogens is 2. The van der Waals surface area contributed by atoms with Gasteiger partial charge in [0.05, 0.1) is 19.0 Å². The van der Waals surface area contributed by atoms with Crippen molar-refractivity contribution < 1.29 is 4.74 Å². The monoisotopic (exact) mass is 314 g/mol. The fourth-order valence-electron chi connectivity index (χ4n) is 1.61. The Labute approximate surface area is 113 Å². The molecule has 1 N–H and O–H groups in total. The molecule has 0 unspecified atom stereocenters. The van der Waals surface area contributed by atoms with E-state index in [1.54, 1.807) is 13.3 Å². The van der Waals surface area contributed by atoms with Crippen molar-refractivity contribution in [1.82, 2.24) is 9.97 Å². The summed E-state index contributed by atoms with van der Waals surface area (Å²) in [5.74, 6) is 2.26. The summed E-state index contributed by atoms with van der Waals surface area (Å²) in [4.78, 5) is 7.51. The minimum atomic E-state index is 0.558. The number of alkyl halides is 1. The molecule has 0 amide bonds. The van der Waals surface area contributed by atoms with Crippen molar-refractivity contribution in [1.29, 1.82) is 0 Å². The Morgan fingerprint density at radius 1 is 1.47 bits per heavy atom. The van der Waals surface area contributed by atoms with Gasteiger partial charge in [0.25, 0.3) is 0 Å². The Morgan fingerprint density at radius 2 is 2.29 bits per heavy atom. The van der Waals surface area contributed by atoms with Crippen LogP contribution >= 0.6 is 27.5 Å². The number of H-pyrrole nitrogens is 1. The Morgan fingerprint density at radius 3 is 3.00 bits per heavy atom. The van der Waals surface area contributed by atoms with Crippen molar-refractivity contribution in [3.63, 3.8) is 0 Å². The summed E-state index contributed by atoms with van der Waals surface area (Å²) in [6.45, 7) is 0. The largest absolute Gasteiger partial charge is 0.496 e. The van der Waals surface area contributed by atoms with E-state index in [4.69, 9.17) is 16.3 Å². The first-order valence-corrected chi connectivity index (χ1v) is 6.51. The molecule has 3 nitrogen and oxygen atoms in total. The van der Waals surface area contributed by atoms with Gasteiger partial charge in [0, 0.05) is 22.3 Å². The van der Waals surface area contributed by atoms with Crippen LogP contribution in [0.4, 0.5) is 0 Å². The molecule has 0 saturated carbocycles. The molecule has 1 aromatic carbocycles. The molecule has 0 aliphatic rings. The van der Waals surface area contributed by atoms with Crippen LogP contribution in [0.1, 0.15) is 5.82 Å². The number of rotatable bonds is 4. The predicted molar refractivity (Wildman–Crippen MR) is 72.7 cm³/mol. The van der Waals surface area contributed by atoms with Crippen LogP contribution in [0.25, 0.3) is 11.3 Å². The molecule has 90 valence electrons. The number of nitrogens with zero attached hydrogens (tertiary/aromatic N) is 1. The van der Waals surface area contributed by atoms with Crippen LogP contribution in [0.2, 0.25) is 0 Å². The van der Waals surface area contributed by atoms with E-state index >= 15 is 0 Å². The van der Waals surface area contributed by atoms with Gasteiger partial charge in [-0.05, 0) is 18.2 Å². The summed E-state index contributed by atoms with van der Waals surface area (Å²) in [6, 6.07) is 5.86. The van der Waals surface area contributed by atoms with Crippen LogP contribution in [-0.4, -0.2) is 23.0 Å². The lowest BCUT2D eigenvalue weighted by molar-refractivity contribution is 0.416. The van der Waals surface area contributed by atoms with Crippen molar-refractivity contribution in [3.05, 3.63) is 34.7 Å². The number of aromatic amines is 1. The molecule has 0 fully saturated rings. The normalized spacial score (nSPS) is 10.5. The van der Waals surface area contributed by atoms with E-state index in [-0.39, 0.29) is 0 Å². The second-order valence-electron chi connectivity index (χ2n) is 3.53. The van der Waals surface area contributed by atoms with E-state index in [1.165, 1.54) is 0 Å². The molecule has 1 aromatic heterocycles. The molecule has 0 spiro atoms. The van der Waals surface area contributed by atoms with Gasteiger partial charge in [-0.2, -0.15) is 0 Å². The minimum absolute atomic E-state index is 0.558. The van der Waals surface area contributed by atoms with E-state index in [0.717, 1.165) is 33.7 Å². The summed E-state index contributed by atoms with van der Waals surface area (Å²) >= 11 is 9.13. The maximum absolute atomic E-state index is 5.68. The SMILES string of the molecule is COc1ccc(Br)cc1-c1cnc(CCCl)[nH]1. The fourth-order valence-corrected chi connectivity index (χ4v) is 2.15. The number of aryl methyl sites for hydroxylation is 1. The molecule has 17 heavy (non-hydrogen) atoms. The van der Waals surface area contributed by atoms with Crippen molar-refractivity contribution in [2.24, 2.45) is 0 Å². The summed E-state index contributed by atoms with van der Waals surface area (Å²) in [5, 5.41) is 0. The number of imidazole rings is 1. The highest BCUT2D eigenvalue weighted by molar-refractivity contribution is 9.10. The zero-order valence-electron chi connectivity index (χ0n) is 9.34. The standard InChI is InChI=1S/C12H12BrClN2O/c1-17-11-3-2-8(13)6-9(11)10-7-15-12(16-10)4-5-14/h2-3,6-7H,4-5H2,1H3,(H,15,16). The van der Waals surface area contributed by atoms with Gasteiger partial charge in [-0.25, -0.2) is 4.98 Å². The molecule has 0 atom stereocenters. The smallest absolute Gasteiger partial charge is 0.128 e. The minimum Gasteiger partial charge on any atom is -0.496 e. The van der Waals surface area contributed by atoms with Gasteiger partial charge < -0.3 is 9.72 Å². The molecule has 0 radical (unpaired) electrons. The lowest BCUT2D eigenvalue weighted by Crippen LogP contribution is -1.90. The van der Waals surface area contributed by atoms with Gasteiger partial charge in [0.2, 0.25) is 0 Å². The van der Waals surface area contributed by atoms with Crippen LogP contribution in [0.3, 0.4) is 0 Å². The van der Waals surface area contributed by atoms with Crippen molar-refractivity contribution in [3.8, 4) is 17.0 Å². The topological polar surface area (TPSA) is 37.9 Å². The molecule has 2 rings (SSSR count). The Bertz CT molecular complexity index is 513. The van der Waals surface area contributed by atoms with Gasteiger partial charge in [0.1, 0.15) is 11.6 Å². The first-order chi connectivity index (χ1) is 8.24.